The molecular formula is C17H17FO2. The van der Waals surface area contributed by atoms with Gasteiger partial charge in [0.2, 0.25) is 0 Å². The molecule has 0 fully saturated rings. The second-order valence-electron chi connectivity index (χ2n) is 4.98. The Bertz CT molecular complexity index is 633. The van der Waals surface area contributed by atoms with Crippen LogP contribution in [0, 0.1) is 12.7 Å². The Labute approximate surface area is 118 Å². The Morgan fingerprint density at radius 2 is 1.80 bits per heavy atom. The molecule has 0 unspecified atom stereocenters. The van der Waals surface area contributed by atoms with Gasteiger partial charge < -0.3 is 4.74 Å². The monoisotopic (exact) mass is 272 g/mol. The second-order valence-corrected chi connectivity index (χ2v) is 4.98. The first kappa shape index (κ1) is 14.3. The lowest BCUT2D eigenvalue weighted by atomic mass is 10.0. The molecule has 2 aromatic carbocycles. The van der Waals surface area contributed by atoms with Crippen molar-refractivity contribution in [2.24, 2.45) is 0 Å². The summed E-state index contributed by atoms with van der Waals surface area (Å²) >= 11 is 0. The van der Waals surface area contributed by atoms with Crippen LogP contribution in [-0.2, 0) is 0 Å². The van der Waals surface area contributed by atoms with Gasteiger partial charge in [-0.3, -0.25) is 4.79 Å². The predicted octanol–water partition coefficient (Wildman–Crippen LogP) is 4.15. The molecule has 0 spiro atoms. The maximum atomic E-state index is 13.9. The number of carbonyl (C=O) groups is 1. The molecule has 0 heterocycles. The third-order valence-electron chi connectivity index (χ3n) is 2.86. The van der Waals surface area contributed by atoms with Gasteiger partial charge in [0.1, 0.15) is 11.6 Å². The molecule has 104 valence electrons. The molecule has 0 saturated heterocycles. The third-order valence-corrected chi connectivity index (χ3v) is 2.86. The molecule has 2 rings (SSSR count). The smallest absolute Gasteiger partial charge is 0.199 e. The number of rotatable bonds is 4. The molecule has 2 nitrogen and oxygen atoms in total. The molecule has 0 aromatic heterocycles. The molecule has 0 saturated carbocycles. The zero-order chi connectivity index (χ0) is 14.7. The van der Waals surface area contributed by atoms with Crippen LogP contribution in [0.25, 0.3) is 0 Å². The van der Waals surface area contributed by atoms with E-state index in [1.807, 2.05) is 13.8 Å². The van der Waals surface area contributed by atoms with Crippen molar-refractivity contribution >= 4 is 5.78 Å². The lowest BCUT2D eigenvalue weighted by Crippen LogP contribution is -2.11. The van der Waals surface area contributed by atoms with Crippen molar-refractivity contribution in [1.29, 1.82) is 0 Å². The summed E-state index contributed by atoms with van der Waals surface area (Å²) in [6.45, 7) is 5.55. The van der Waals surface area contributed by atoms with Crippen molar-refractivity contribution in [3.63, 3.8) is 0 Å². The van der Waals surface area contributed by atoms with Gasteiger partial charge in [0.25, 0.3) is 0 Å². The van der Waals surface area contributed by atoms with E-state index in [4.69, 9.17) is 4.74 Å². The summed E-state index contributed by atoms with van der Waals surface area (Å²) in [6, 6.07) is 11.5. The average Bonchev–Trinajstić information content (AvgIpc) is 2.38. The van der Waals surface area contributed by atoms with E-state index >= 15 is 0 Å². The lowest BCUT2D eigenvalue weighted by Gasteiger charge is -2.13. The van der Waals surface area contributed by atoms with Gasteiger partial charge in [0.15, 0.2) is 5.78 Å². The maximum absolute atomic E-state index is 13.9. The van der Waals surface area contributed by atoms with Gasteiger partial charge in [-0.15, -0.1) is 0 Å². The molecule has 0 aliphatic heterocycles. The van der Waals surface area contributed by atoms with Gasteiger partial charge in [-0.2, -0.15) is 0 Å². The van der Waals surface area contributed by atoms with Gasteiger partial charge in [0, 0.05) is 0 Å². The molecule has 2 aromatic rings. The first-order valence-electron chi connectivity index (χ1n) is 6.55. The van der Waals surface area contributed by atoms with Gasteiger partial charge in [0.05, 0.1) is 17.2 Å². The fraction of sp³-hybridized carbons (Fsp3) is 0.235. The normalized spacial score (nSPS) is 10.7. The van der Waals surface area contributed by atoms with E-state index in [2.05, 4.69) is 0 Å². The van der Waals surface area contributed by atoms with Gasteiger partial charge in [-0.1, -0.05) is 18.2 Å². The number of ketones is 1. The molecule has 0 aliphatic rings. The van der Waals surface area contributed by atoms with Crippen LogP contribution in [0.5, 0.6) is 5.75 Å². The summed E-state index contributed by atoms with van der Waals surface area (Å²) in [5, 5.41) is 0. The summed E-state index contributed by atoms with van der Waals surface area (Å²) in [4.78, 5) is 12.5. The Hall–Kier alpha value is -2.16. The van der Waals surface area contributed by atoms with E-state index in [9.17, 15) is 9.18 Å². The minimum Gasteiger partial charge on any atom is -0.490 e. The van der Waals surface area contributed by atoms with E-state index in [1.165, 1.54) is 12.1 Å². The number of hydrogen-bond acceptors (Lipinski definition) is 2. The third kappa shape index (κ3) is 3.05. The number of carbonyl (C=O) groups excluding carboxylic acids is 1. The number of halogens is 1. The summed E-state index contributed by atoms with van der Waals surface area (Å²) in [5.74, 6) is -0.388. The van der Waals surface area contributed by atoms with Crippen molar-refractivity contribution < 1.29 is 13.9 Å². The average molecular weight is 272 g/mol. The second kappa shape index (κ2) is 5.87. The van der Waals surface area contributed by atoms with Crippen molar-refractivity contribution in [2.75, 3.05) is 0 Å². The van der Waals surface area contributed by atoms with E-state index in [1.54, 1.807) is 37.3 Å². The van der Waals surface area contributed by atoms with Crippen LogP contribution in [0.1, 0.15) is 35.3 Å². The molecule has 0 bridgehead atoms. The van der Waals surface area contributed by atoms with Gasteiger partial charge in [-0.25, -0.2) is 4.39 Å². The maximum Gasteiger partial charge on any atom is 0.199 e. The predicted molar refractivity (Wildman–Crippen MR) is 76.8 cm³/mol. The molecular weight excluding hydrogens is 255 g/mol. The van der Waals surface area contributed by atoms with Crippen molar-refractivity contribution in [3.8, 4) is 5.75 Å². The van der Waals surface area contributed by atoms with E-state index in [0.29, 0.717) is 11.3 Å². The summed E-state index contributed by atoms with van der Waals surface area (Å²) < 4.78 is 19.5. The van der Waals surface area contributed by atoms with Crippen LogP contribution < -0.4 is 4.74 Å². The van der Waals surface area contributed by atoms with Crippen LogP contribution in [0.4, 0.5) is 4.39 Å². The topological polar surface area (TPSA) is 26.3 Å². The Morgan fingerprint density at radius 1 is 1.10 bits per heavy atom. The highest BCUT2D eigenvalue weighted by Crippen LogP contribution is 2.24. The van der Waals surface area contributed by atoms with E-state index < -0.39 is 5.82 Å². The Morgan fingerprint density at radius 3 is 2.45 bits per heavy atom. The highest BCUT2D eigenvalue weighted by Gasteiger charge is 2.18. The largest absolute Gasteiger partial charge is 0.490 e. The van der Waals surface area contributed by atoms with Crippen LogP contribution in [0.3, 0.4) is 0 Å². The highest BCUT2D eigenvalue weighted by atomic mass is 19.1. The lowest BCUT2D eigenvalue weighted by molar-refractivity contribution is 0.102. The summed E-state index contributed by atoms with van der Waals surface area (Å²) in [6.07, 6.45) is -0.0492. The zero-order valence-electron chi connectivity index (χ0n) is 11.8. The van der Waals surface area contributed by atoms with Crippen molar-refractivity contribution in [2.45, 2.75) is 26.9 Å². The van der Waals surface area contributed by atoms with Crippen molar-refractivity contribution in [3.05, 3.63) is 65.0 Å². The first-order valence-corrected chi connectivity index (χ1v) is 6.55. The number of para-hydroxylation sites is 1. The van der Waals surface area contributed by atoms with Gasteiger partial charge in [-0.05, 0) is 50.6 Å². The molecule has 3 heteroatoms. The fourth-order valence-corrected chi connectivity index (χ4v) is 1.96. The number of benzene rings is 2. The van der Waals surface area contributed by atoms with Crippen LogP contribution in [0.15, 0.2) is 42.5 Å². The Balaban J connectivity index is 2.43. The number of hydrogen-bond donors (Lipinski definition) is 0. The standard InChI is InChI=1S/C17H17FO2/c1-11(2)20-16-7-5-4-6-14(16)17(19)13-9-8-12(3)10-15(13)18/h4-11H,1-3H3. The minimum atomic E-state index is -0.505. The summed E-state index contributed by atoms with van der Waals surface area (Å²) in [5.41, 5.74) is 1.23. The van der Waals surface area contributed by atoms with E-state index in [0.717, 1.165) is 5.56 Å². The molecule has 0 amide bonds. The SMILES string of the molecule is Cc1ccc(C(=O)c2ccccc2OC(C)C)c(F)c1. The number of ether oxygens (including phenoxy) is 1. The van der Waals surface area contributed by atoms with E-state index in [-0.39, 0.29) is 17.5 Å². The molecule has 0 aliphatic carbocycles. The minimum absolute atomic E-state index is 0.0492. The molecule has 0 N–H and O–H groups in total. The molecule has 20 heavy (non-hydrogen) atoms. The highest BCUT2D eigenvalue weighted by molar-refractivity contribution is 6.10. The number of aryl methyl sites for hydroxylation is 1. The van der Waals surface area contributed by atoms with Gasteiger partial charge >= 0.3 is 0 Å². The van der Waals surface area contributed by atoms with Crippen LogP contribution >= 0.6 is 0 Å². The fourth-order valence-electron chi connectivity index (χ4n) is 1.96. The Kier molecular flexibility index (Phi) is 4.18. The zero-order valence-corrected chi connectivity index (χ0v) is 11.8. The molecule has 0 atom stereocenters. The van der Waals surface area contributed by atoms with Crippen LogP contribution in [0.2, 0.25) is 0 Å². The van der Waals surface area contributed by atoms with Crippen LogP contribution in [-0.4, -0.2) is 11.9 Å². The first-order chi connectivity index (χ1) is 9.49. The quantitative estimate of drug-likeness (QED) is 0.781. The molecule has 0 radical (unpaired) electrons. The summed E-state index contributed by atoms with van der Waals surface area (Å²) in [7, 11) is 0. The van der Waals surface area contributed by atoms with Crippen molar-refractivity contribution in [1.82, 2.24) is 0 Å².